The predicted molar refractivity (Wildman–Crippen MR) is 128 cm³/mol. The lowest BCUT2D eigenvalue weighted by molar-refractivity contribution is 0.0947. The molecule has 7 heteroatoms. The van der Waals surface area contributed by atoms with Crippen LogP contribution in [0.15, 0.2) is 36.4 Å². The number of carbonyl (C=O) groups is 1. The van der Waals surface area contributed by atoms with Gasteiger partial charge in [0.05, 0.1) is 16.8 Å². The summed E-state index contributed by atoms with van der Waals surface area (Å²) >= 11 is 1.73. The molecular formula is C24H30N4O2S. The van der Waals surface area contributed by atoms with E-state index in [1.54, 1.807) is 11.3 Å². The lowest BCUT2D eigenvalue weighted by Gasteiger charge is -2.34. The van der Waals surface area contributed by atoms with Crippen LogP contribution in [-0.4, -0.2) is 61.7 Å². The zero-order chi connectivity index (χ0) is 21.8. The predicted octanol–water partition coefficient (Wildman–Crippen LogP) is 3.86. The van der Waals surface area contributed by atoms with Crippen LogP contribution in [-0.2, 0) is 0 Å². The quantitative estimate of drug-likeness (QED) is 0.607. The lowest BCUT2D eigenvalue weighted by atomic mass is 10.1. The van der Waals surface area contributed by atoms with Gasteiger partial charge in [0, 0.05) is 44.8 Å². The van der Waals surface area contributed by atoms with Gasteiger partial charge in [-0.05, 0) is 62.2 Å². The fraction of sp³-hybridized carbons (Fsp3) is 0.417. The number of hydrogen-bond donors (Lipinski definition) is 1. The Kier molecular flexibility index (Phi) is 6.73. The average Bonchev–Trinajstić information content (AvgIpc) is 3.20. The van der Waals surface area contributed by atoms with Crippen LogP contribution in [0.1, 0.15) is 28.4 Å². The van der Waals surface area contributed by atoms with E-state index in [0.717, 1.165) is 64.9 Å². The highest BCUT2D eigenvalue weighted by Crippen LogP contribution is 2.31. The molecule has 1 aromatic heterocycles. The molecule has 0 aliphatic carbocycles. The van der Waals surface area contributed by atoms with Crippen molar-refractivity contribution in [1.29, 1.82) is 0 Å². The number of amides is 1. The van der Waals surface area contributed by atoms with Crippen LogP contribution in [0.3, 0.4) is 0 Å². The second-order valence-electron chi connectivity index (χ2n) is 7.94. The molecule has 1 saturated heterocycles. The minimum absolute atomic E-state index is 0.00244. The Balaban J connectivity index is 1.25. The van der Waals surface area contributed by atoms with Gasteiger partial charge in [0.15, 0.2) is 5.13 Å². The van der Waals surface area contributed by atoms with Gasteiger partial charge >= 0.3 is 0 Å². The van der Waals surface area contributed by atoms with Gasteiger partial charge in [0.25, 0.3) is 5.91 Å². The Morgan fingerprint density at radius 1 is 1.10 bits per heavy atom. The molecule has 4 rings (SSSR count). The number of ether oxygens (including phenoxy) is 1. The molecule has 0 radical (unpaired) electrons. The number of fused-ring (bicyclic) bond motifs is 1. The third kappa shape index (κ3) is 5.17. The first-order valence-corrected chi connectivity index (χ1v) is 11.7. The highest BCUT2D eigenvalue weighted by Gasteiger charge is 2.20. The average molecular weight is 439 g/mol. The largest absolute Gasteiger partial charge is 0.494 e. The Bertz CT molecular complexity index is 1060. The van der Waals surface area contributed by atoms with Crippen molar-refractivity contribution < 1.29 is 9.53 Å². The molecule has 2 heterocycles. The van der Waals surface area contributed by atoms with Crippen molar-refractivity contribution in [3.05, 3.63) is 53.1 Å². The van der Waals surface area contributed by atoms with Crippen molar-refractivity contribution in [2.24, 2.45) is 0 Å². The Morgan fingerprint density at radius 2 is 1.90 bits per heavy atom. The normalized spacial score (nSPS) is 14.7. The van der Waals surface area contributed by atoms with Gasteiger partial charge in [0.1, 0.15) is 5.75 Å². The monoisotopic (exact) mass is 438 g/mol. The van der Waals surface area contributed by atoms with Crippen LogP contribution in [0.4, 0.5) is 5.13 Å². The summed E-state index contributed by atoms with van der Waals surface area (Å²) in [7, 11) is 0. The number of aromatic nitrogens is 1. The van der Waals surface area contributed by atoms with E-state index < -0.39 is 0 Å². The summed E-state index contributed by atoms with van der Waals surface area (Å²) in [5.41, 5.74) is 4.11. The number of hydrogen-bond acceptors (Lipinski definition) is 6. The van der Waals surface area contributed by atoms with Gasteiger partial charge in [-0.1, -0.05) is 17.4 Å². The zero-order valence-electron chi connectivity index (χ0n) is 18.5. The van der Waals surface area contributed by atoms with Crippen molar-refractivity contribution in [2.75, 3.05) is 50.8 Å². The molecule has 6 nitrogen and oxygen atoms in total. The van der Waals surface area contributed by atoms with Crippen molar-refractivity contribution in [3.63, 3.8) is 0 Å². The van der Waals surface area contributed by atoms with Crippen molar-refractivity contribution in [2.45, 2.75) is 20.8 Å². The Hall–Kier alpha value is -2.64. The van der Waals surface area contributed by atoms with Gasteiger partial charge in [-0.3, -0.25) is 9.69 Å². The first kappa shape index (κ1) is 21.6. The van der Waals surface area contributed by atoms with E-state index in [1.807, 2.05) is 44.2 Å². The molecule has 1 N–H and O–H groups in total. The smallest absolute Gasteiger partial charge is 0.251 e. The van der Waals surface area contributed by atoms with Crippen molar-refractivity contribution >= 4 is 32.6 Å². The van der Waals surface area contributed by atoms with Gasteiger partial charge in [0.2, 0.25) is 0 Å². The fourth-order valence-electron chi connectivity index (χ4n) is 3.76. The van der Waals surface area contributed by atoms with E-state index in [0.29, 0.717) is 13.2 Å². The summed E-state index contributed by atoms with van der Waals surface area (Å²) in [5, 5.41) is 4.13. The van der Waals surface area contributed by atoms with Crippen LogP contribution >= 0.6 is 11.3 Å². The standard InChI is InChI=1S/C24H30N4O2S/c1-4-30-20-7-8-21-22(16-20)31-24(26-21)28-13-11-27(12-14-28)10-9-25-23(29)19-6-5-17(2)18(3)15-19/h5-8,15-16H,4,9-14H2,1-3H3,(H,25,29). The van der Waals surface area contributed by atoms with Crippen molar-refractivity contribution in [1.82, 2.24) is 15.2 Å². The number of nitrogens with one attached hydrogen (secondary N) is 1. The topological polar surface area (TPSA) is 57.7 Å². The third-order valence-corrected chi connectivity index (χ3v) is 6.86. The zero-order valence-corrected chi connectivity index (χ0v) is 19.3. The molecule has 1 fully saturated rings. The molecule has 0 unspecified atom stereocenters. The highest BCUT2D eigenvalue weighted by molar-refractivity contribution is 7.22. The molecule has 1 aliphatic rings. The minimum Gasteiger partial charge on any atom is -0.494 e. The molecule has 164 valence electrons. The van der Waals surface area contributed by atoms with E-state index in [1.165, 1.54) is 5.56 Å². The Morgan fingerprint density at radius 3 is 2.65 bits per heavy atom. The maximum absolute atomic E-state index is 12.4. The summed E-state index contributed by atoms with van der Waals surface area (Å²) in [5.74, 6) is 0.903. The number of nitrogens with zero attached hydrogens (tertiary/aromatic N) is 3. The molecule has 1 amide bonds. The Labute approximate surface area is 187 Å². The van der Waals surface area contributed by atoms with Crippen LogP contribution in [0.25, 0.3) is 10.2 Å². The SMILES string of the molecule is CCOc1ccc2nc(N3CCN(CCNC(=O)c4ccc(C)c(C)c4)CC3)sc2c1. The molecule has 0 bridgehead atoms. The molecule has 0 spiro atoms. The maximum atomic E-state index is 12.4. The lowest BCUT2D eigenvalue weighted by Crippen LogP contribution is -2.48. The number of carbonyl (C=O) groups excluding carboxylic acids is 1. The molecule has 31 heavy (non-hydrogen) atoms. The summed E-state index contributed by atoms with van der Waals surface area (Å²) in [6.07, 6.45) is 0. The van der Waals surface area contributed by atoms with E-state index >= 15 is 0 Å². The number of anilines is 1. The highest BCUT2D eigenvalue weighted by atomic mass is 32.1. The van der Waals surface area contributed by atoms with Crippen LogP contribution in [0, 0.1) is 13.8 Å². The van der Waals surface area contributed by atoms with E-state index in [-0.39, 0.29) is 5.91 Å². The number of piperazine rings is 1. The summed E-state index contributed by atoms with van der Waals surface area (Å²) in [4.78, 5) is 21.9. The molecule has 2 aromatic carbocycles. The first-order valence-electron chi connectivity index (χ1n) is 10.9. The molecule has 0 saturated carbocycles. The molecule has 0 atom stereocenters. The number of benzene rings is 2. The van der Waals surface area contributed by atoms with E-state index in [9.17, 15) is 4.79 Å². The van der Waals surface area contributed by atoms with Gasteiger partial charge in [-0.2, -0.15) is 0 Å². The van der Waals surface area contributed by atoms with E-state index in [4.69, 9.17) is 9.72 Å². The van der Waals surface area contributed by atoms with Gasteiger partial charge in [-0.15, -0.1) is 0 Å². The van der Waals surface area contributed by atoms with E-state index in [2.05, 4.69) is 28.1 Å². The number of thiazole rings is 1. The second kappa shape index (κ2) is 9.66. The maximum Gasteiger partial charge on any atom is 0.251 e. The van der Waals surface area contributed by atoms with Gasteiger partial charge in [-0.25, -0.2) is 4.98 Å². The summed E-state index contributed by atoms with van der Waals surface area (Å²) in [6.45, 7) is 12.1. The first-order chi connectivity index (χ1) is 15.0. The summed E-state index contributed by atoms with van der Waals surface area (Å²) in [6, 6.07) is 12.0. The van der Waals surface area contributed by atoms with Crippen molar-refractivity contribution in [3.8, 4) is 5.75 Å². The van der Waals surface area contributed by atoms with Gasteiger partial charge < -0.3 is 15.0 Å². The number of rotatable bonds is 7. The van der Waals surface area contributed by atoms with Crippen LogP contribution in [0.5, 0.6) is 5.75 Å². The minimum atomic E-state index is 0.00244. The molecule has 1 aliphatic heterocycles. The van der Waals surface area contributed by atoms with Crippen LogP contribution in [0.2, 0.25) is 0 Å². The molecular weight excluding hydrogens is 408 g/mol. The second-order valence-corrected chi connectivity index (χ2v) is 8.95. The fourth-order valence-corrected chi connectivity index (χ4v) is 4.81. The molecule has 3 aromatic rings. The summed E-state index contributed by atoms with van der Waals surface area (Å²) < 4.78 is 6.77. The number of aryl methyl sites for hydroxylation is 2. The van der Waals surface area contributed by atoms with Crippen LogP contribution < -0.4 is 15.0 Å². The third-order valence-electron chi connectivity index (χ3n) is 5.79.